The van der Waals surface area contributed by atoms with E-state index in [1.165, 1.54) is 31.5 Å². The molecule has 0 bridgehead atoms. The van der Waals surface area contributed by atoms with Gasteiger partial charge in [-0.05, 0) is 44.3 Å². The molecule has 2 nitrogen and oxygen atoms in total. The zero-order chi connectivity index (χ0) is 12.8. The molecule has 18 heavy (non-hydrogen) atoms. The Hall–Kier alpha value is -0.860. The predicted octanol–water partition coefficient (Wildman–Crippen LogP) is 2.90. The van der Waals surface area contributed by atoms with Gasteiger partial charge >= 0.3 is 0 Å². The zero-order valence-electron chi connectivity index (χ0n) is 11.7. The second-order valence-electron chi connectivity index (χ2n) is 5.57. The van der Waals surface area contributed by atoms with Crippen LogP contribution in [0.1, 0.15) is 32.3 Å². The topological polar surface area (TPSA) is 15.3 Å². The van der Waals surface area contributed by atoms with Gasteiger partial charge in [0.2, 0.25) is 0 Å². The van der Waals surface area contributed by atoms with Crippen LogP contribution in [-0.2, 0) is 6.54 Å². The Labute approximate surface area is 111 Å². The molecule has 1 aliphatic heterocycles. The maximum absolute atomic E-state index is 3.52. The van der Waals surface area contributed by atoms with Crippen molar-refractivity contribution >= 4 is 0 Å². The zero-order valence-corrected chi connectivity index (χ0v) is 11.7. The molecule has 1 aliphatic rings. The third-order valence-electron chi connectivity index (χ3n) is 3.86. The van der Waals surface area contributed by atoms with Crippen LogP contribution >= 0.6 is 0 Å². The van der Waals surface area contributed by atoms with Crippen LogP contribution in [0.4, 0.5) is 0 Å². The van der Waals surface area contributed by atoms with E-state index in [4.69, 9.17) is 0 Å². The van der Waals surface area contributed by atoms with Gasteiger partial charge in [-0.2, -0.15) is 0 Å². The first-order valence-electron chi connectivity index (χ1n) is 7.27. The number of nitrogens with zero attached hydrogens (tertiary/aromatic N) is 1. The fourth-order valence-electron chi connectivity index (χ4n) is 3.02. The van der Waals surface area contributed by atoms with Gasteiger partial charge in [0.15, 0.2) is 0 Å². The minimum atomic E-state index is 0.664. The molecule has 100 valence electrons. The van der Waals surface area contributed by atoms with Crippen LogP contribution in [-0.4, -0.2) is 30.6 Å². The van der Waals surface area contributed by atoms with E-state index in [1.54, 1.807) is 0 Å². The molecule has 0 aromatic heterocycles. The van der Waals surface area contributed by atoms with E-state index in [1.807, 2.05) is 0 Å². The van der Waals surface area contributed by atoms with Crippen molar-refractivity contribution in [1.82, 2.24) is 10.2 Å². The summed E-state index contributed by atoms with van der Waals surface area (Å²) in [5.74, 6) is 0.878. The molecule has 0 radical (unpaired) electrons. The second-order valence-corrected chi connectivity index (χ2v) is 5.57. The third kappa shape index (κ3) is 4.11. The number of likely N-dealkylation sites (tertiary alicyclic amines) is 1. The molecule has 0 aliphatic carbocycles. The average molecular weight is 246 g/mol. The Balaban J connectivity index is 1.75. The first-order valence-corrected chi connectivity index (χ1v) is 7.27. The molecule has 0 spiro atoms. The normalized spacial score (nSPS) is 22.2. The number of nitrogens with one attached hydrogen (secondary N) is 1. The first kappa shape index (κ1) is 13.6. The van der Waals surface area contributed by atoms with E-state index < -0.39 is 0 Å². The Bertz CT molecular complexity index is 336. The summed E-state index contributed by atoms with van der Waals surface area (Å²) in [5.41, 5.74) is 1.44. The van der Waals surface area contributed by atoms with Crippen LogP contribution in [0.5, 0.6) is 0 Å². The smallest absolute Gasteiger partial charge is 0.0233 e. The minimum Gasteiger partial charge on any atom is -0.315 e. The molecule has 1 N–H and O–H groups in total. The summed E-state index contributed by atoms with van der Waals surface area (Å²) in [6, 6.07) is 11.5. The molecular weight excluding hydrogens is 220 g/mol. The van der Waals surface area contributed by atoms with Gasteiger partial charge < -0.3 is 5.32 Å². The van der Waals surface area contributed by atoms with Crippen molar-refractivity contribution in [1.29, 1.82) is 0 Å². The number of rotatable bonds is 6. The van der Waals surface area contributed by atoms with Gasteiger partial charge in [0.25, 0.3) is 0 Å². The minimum absolute atomic E-state index is 0.664. The van der Waals surface area contributed by atoms with Gasteiger partial charge in [-0.25, -0.2) is 0 Å². The lowest BCUT2D eigenvalue weighted by Gasteiger charge is -2.19. The van der Waals surface area contributed by atoms with Crippen molar-refractivity contribution in [2.45, 2.75) is 39.3 Å². The molecule has 1 heterocycles. The quantitative estimate of drug-likeness (QED) is 0.830. The van der Waals surface area contributed by atoms with Crippen molar-refractivity contribution in [2.24, 2.45) is 5.92 Å². The van der Waals surface area contributed by atoms with Gasteiger partial charge in [-0.3, -0.25) is 4.90 Å². The molecule has 2 unspecified atom stereocenters. The predicted molar refractivity (Wildman–Crippen MR) is 77.6 cm³/mol. The van der Waals surface area contributed by atoms with E-state index in [0.717, 1.165) is 19.0 Å². The third-order valence-corrected chi connectivity index (χ3v) is 3.86. The van der Waals surface area contributed by atoms with Gasteiger partial charge in [0.05, 0.1) is 0 Å². The molecule has 1 aromatic carbocycles. The highest BCUT2D eigenvalue weighted by Crippen LogP contribution is 2.22. The van der Waals surface area contributed by atoms with Gasteiger partial charge in [-0.1, -0.05) is 37.3 Å². The monoisotopic (exact) mass is 246 g/mol. The summed E-state index contributed by atoms with van der Waals surface area (Å²) < 4.78 is 0. The summed E-state index contributed by atoms with van der Waals surface area (Å²) in [4.78, 5) is 2.60. The molecule has 0 saturated carbocycles. The molecular formula is C16H26N2. The average Bonchev–Trinajstić information content (AvgIpc) is 2.78. The maximum atomic E-state index is 3.52. The highest BCUT2D eigenvalue weighted by atomic mass is 15.1. The maximum Gasteiger partial charge on any atom is 0.0233 e. The van der Waals surface area contributed by atoms with Crippen molar-refractivity contribution in [3.8, 4) is 0 Å². The van der Waals surface area contributed by atoms with E-state index >= 15 is 0 Å². The van der Waals surface area contributed by atoms with E-state index in [0.29, 0.717) is 6.04 Å². The molecule has 0 amide bonds. The van der Waals surface area contributed by atoms with E-state index in [-0.39, 0.29) is 0 Å². The summed E-state index contributed by atoms with van der Waals surface area (Å²) in [7, 11) is 0. The molecule has 2 heteroatoms. The van der Waals surface area contributed by atoms with Crippen LogP contribution in [0.25, 0.3) is 0 Å². The molecule has 1 fully saturated rings. The summed E-state index contributed by atoms with van der Waals surface area (Å²) >= 11 is 0. The largest absolute Gasteiger partial charge is 0.315 e. The van der Waals surface area contributed by atoms with E-state index in [2.05, 4.69) is 54.4 Å². The Morgan fingerprint density at radius 2 is 2.11 bits per heavy atom. The van der Waals surface area contributed by atoms with Gasteiger partial charge in [0, 0.05) is 19.1 Å². The lowest BCUT2D eigenvalue weighted by Crippen LogP contribution is -2.29. The van der Waals surface area contributed by atoms with Crippen LogP contribution in [0.15, 0.2) is 30.3 Å². The van der Waals surface area contributed by atoms with Crippen molar-refractivity contribution < 1.29 is 0 Å². The van der Waals surface area contributed by atoms with Crippen LogP contribution in [0.2, 0.25) is 0 Å². The molecule has 1 saturated heterocycles. The molecule has 2 atom stereocenters. The van der Waals surface area contributed by atoms with Gasteiger partial charge in [0.1, 0.15) is 0 Å². The summed E-state index contributed by atoms with van der Waals surface area (Å²) in [6.07, 6.45) is 2.68. The first-order chi connectivity index (χ1) is 8.78. The fourth-order valence-corrected chi connectivity index (χ4v) is 3.02. The number of benzene rings is 1. The van der Waals surface area contributed by atoms with Crippen LogP contribution in [0, 0.1) is 5.92 Å². The second kappa shape index (κ2) is 6.91. The highest BCUT2D eigenvalue weighted by molar-refractivity contribution is 5.14. The standard InChI is InChI=1S/C16H26N2/c1-3-17-14(2)11-16-9-10-18(13-16)12-15-7-5-4-6-8-15/h4-8,14,16-17H,3,9-13H2,1-2H3. The Morgan fingerprint density at radius 1 is 1.33 bits per heavy atom. The van der Waals surface area contributed by atoms with E-state index in [9.17, 15) is 0 Å². The van der Waals surface area contributed by atoms with Gasteiger partial charge in [-0.15, -0.1) is 0 Å². The highest BCUT2D eigenvalue weighted by Gasteiger charge is 2.23. The fraction of sp³-hybridized carbons (Fsp3) is 0.625. The van der Waals surface area contributed by atoms with Crippen LogP contribution < -0.4 is 5.32 Å². The number of hydrogen-bond acceptors (Lipinski definition) is 2. The Kier molecular flexibility index (Phi) is 5.21. The molecule has 1 aromatic rings. The molecule has 2 rings (SSSR count). The SMILES string of the molecule is CCNC(C)CC1CCN(Cc2ccccc2)C1. The van der Waals surface area contributed by atoms with Crippen molar-refractivity contribution in [3.63, 3.8) is 0 Å². The Morgan fingerprint density at radius 3 is 2.83 bits per heavy atom. The van der Waals surface area contributed by atoms with Crippen molar-refractivity contribution in [3.05, 3.63) is 35.9 Å². The lowest BCUT2D eigenvalue weighted by atomic mass is 10.0. The number of hydrogen-bond donors (Lipinski definition) is 1. The van der Waals surface area contributed by atoms with Crippen LogP contribution in [0.3, 0.4) is 0 Å². The van der Waals surface area contributed by atoms with Crippen molar-refractivity contribution in [2.75, 3.05) is 19.6 Å². The lowest BCUT2D eigenvalue weighted by molar-refractivity contribution is 0.306. The summed E-state index contributed by atoms with van der Waals surface area (Å²) in [5, 5.41) is 3.52. The summed E-state index contributed by atoms with van der Waals surface area (Å²) in [6.45, 7) is 9.23.